The highest BCUT2D eigenvalue weighted by Crippen LogP contribution is 2.22. The highest BCUT2D eigenvalue weighted by molar-refractivity contribution is 5.58. The number of hydrogen-bond donors (Lipinski definition) is 3. The molecule has 0 spiro atoms. The Morgan fingerprint density at radius 2 is 1.68 bits per heavy atom. The van der Waals surface area contributed by atoms with Gasteiger partial charge in [-0.1, -0.05) is 67.1 Å². The van der Waals surface area contributed by atoms with Crippen LogP contribution < -0.4 is 11.1 Å². The average Bonchev–Trinajstić information content (AvgIpc) is 3.16. The number of benzene rings is 2. The first-order valence-electron chi connectivity index (χ1n) is 8.94. The van der Waals surface area contributed by atoms with Crippen molar-refractivity contribution < 1.29 is 0 Å². The van der Waals surface area contributed by atoms with Crippen LogP contribution in [-0.2, 0) is 6.54 Å². The first-order valence-corrected chi connectivity index (χ1v) is 8.94. The summed E-state index contributed by atoms with van der Waals surface area (Å²) in [5, 5.41) is 3.64. The van der Waals surface area contributed by atoms with Crippen LogP contribution in [0.2, 0.25) is 0 Å². The van der Waals surface area contributed by atoms with Gasteiger partial charge in [-0.3, -0.25) is 0 Å². The zero-order valence-corrected chi connectivity index (χ0v) is 14.5. The number of nitrogens with two attached hydrogens (primary N) is 1. The molecule has 0 saturated carbocycles. The Bertz CT molecular complexity index is 737. The maximum atomic E-state index is 5.65. The summed E-state index contributed by atoms with van der Waals surface area (Å²) >= 11 is 0. The van der Waals surface area contributed by atoms with Crippen LogP contribution in [0.1, 0.15) is 36.7 Å². The third-order valence-electron chi connectivity index (χ3n) is 4.35. The molecule has 0 bridgehead atoms. The molecule has 0 aliphatic carbocycles. The van der Waals surface area contributed by atoms with E-state index in [9.17, 15) is 0 Å². The topological polar surface area (TPSA) is 66.7 Å². The van der Waals surface area contributed by atoms with Crippen LogP contribution in [0, 0.1) is 0 Å². The van der Waals surface area contributed by atoms with Crippen molar-refractivity contribution in [3.63, 3.8) is 0 Å². The van der Waals surface area contributed by atoms with Gasteiger partial charge in [-0.2, -0.15) is 0 Å². The maximum absolute atomic E-state index is 5.65. The monoisotopic (exact) mass is 334 g/mol. The quantitative estimate of drug-likeness (QED) is 0.517. The summed E-state index contributed by atoms with van der Waals surface area (Å²) in [5.74, 6) is 0.992. The van der Waals surface area contributed by atoms with Gasteiger partial charge in [-0.15, -0.1) is 0 Å². The molecule has 0 unspecified atom stereocenters. The summed E-state index contributed by atoms with van der Waals surface area (Å²) in [4.78, 5) is 8.12. The Labute approximate surface area is 149 Å². The zero-order chi connectivity index (χ0) is 17.3. The summed E-state index contributed by atoms with van der Waals surface area (Å²) in [5.41, 5.74) is 9.15. The molecule has 0 amide bonds. The Morgan fingerprint density at radius 1 is 0.960 bits per heavy atom. The fourth-order valence-electron chi connectivity index (χ4n) is 2.94. The third kappa shape index (κ3) is 5.02. The molecule has 0 aliphatic heterocycles. The number of imidazole rings is 1. The predicted molar refractivity (Wildman–Crippen MR) is 103 cm³/mol. The number of rotatable bonds is 9. The fourth-order valence-corrected chi connectivity index (χ4v) is 2.94. The molecule has 2 aromatic carbocycles. The number of nitrogens with zero attached hydrogens (tertiary/aromatic N) is 1. The van der Waals surface area contributed by atoms with Gasteiger partial charge in [0.2, 0.25) is 0 Å². The van der Waals surface area contributed by atoms with Gasteiger partial charge in [0.1, 0.15) is 5.82 Å². The molecule has 4 nitrogen and oxygen atoms in total. The van der Waals surface area contributed by atoms with Crippen LogP contribution >= 0.6 is 0 Å². The van der Waals surface area contributed by atoms with E-state index < -0.39 is 0 Å². The Kier molecular flexibility index (Phi) is 6.37. The molecule has 1 aromatic heterocycles. The van der Waals surface area contributed by atoms with Gasteiger partial charge in [0.15, 0.2) is 0 Å². The Balaban J connectivity index is 1.71. The van der Waals surface area contributed by atoms with Gasteiger partial charge in [0, 0.05) is 6.54 Å². The Morgan fingerprint density at radius 3 is 2.40 bits per heavy atom. The van der Waals surface area contributed by atoms with Gasteiger partial charge < -0.3 is 16.0 Å². The van der Waals surface area contributed by atoms with Crippen molar-refractivity contribution in [2.45, 2.75) is 31.8 Å². The minimum absolute atomic E-state index is 0.198. The number of aromatic nitrogens is 2. The number of aromatic amines is 1. The lowest BCUT2D eigenvalue weighted by Gasteiger charge is -2.17. The standard InChI is InChI=1S/C21H26N4/c22-14-8-7-13-19(23-15-17-9-3-1-4-10-17)21-24-16-20(25-21)18-11-5-2-6-12-18/h1-6,9-12,16,19,23H,7-8,13-15,22H2,(H,24,25)/t19-/m0/s1. The fraction of sp³-hybridized carbons (Fsp3) is 0.286. The van der Waals surface area contributed by atoms with E-state index in [1.54, 1.807) is 0 Å². The van der Waals surface area contributed by atoms with Crippen molar-refractivity contribution in [2.75, 3.05) is 6.54 Å². The van der Waals surface area contributed by atoms with E-state index in [-0.39, 0.29) is 6.04 Å². The van der Waals surface area contributed by atoms with Gasteiger partial charge in [-0.25, -0.2) is 4.98 Å². The molecular formula is C21H26N4. The highest BCUT2D eigenvalue weighted by Gasteiger charge is 2.15. The molecule has 25 heavy (non-hydrogen) atoms. The normalized spacial score (nSPS) is 12.2. The van der Waals surface area contributed by atoms with E-state index in [1.165, 1.54) is 5.56 Å². The maximum Gasteiger partial charge on any atom is 0.123 e. The molecule has 1 atom stereocenters. The summed E-state index contributed by atoms with van der Waals surface area (Å²) < 4.78 is 0. The summed E-state index contributed by atoms with van der Waals surface area (Å²) in [6, 6.07) is 21.0. The molecule has 3 rings (SSSR count). The molecule has 3 aromatic rings. The second-order valence-electron chi connectivity index (χ2n) is 6.25. The van der Waals surface area contributed by atoms with Crippen LogP contribution in [0.3, 0.4) is 0 Å². The van der Waals surface area contributed by atoms with Crippen LogP contribution in [0.25, 0.3) is 11.3 Å². The van der Waals surface area contributed by atoms with Crippen LogP contribution in [-0.4, -0.2) is 16.5 Å². The molecule has 4 N–H and O–H groups in total. The van der Waals surface area contributed by atoms with Gasteiger partial charge in [-0.05, 0) is 30.5 Å². The summed E-state index contributed by atoms with van der Waals surface area (Å²) in [6.07, 6.45) is 5.07. The molecule has 0 aliphatic rings. The van der Waals surface area contributed by atoms with Crippen LogP contribution in [0.5, 0.6) is 0 Å². The molecule has 130 valence electrons. The predicted octanol–water partition coefficient (Wildman–Crippen LogP) is 4.04. The van der Waals surface area contributed by atoms with Crippen LogP contribution in [0.15, 0.2) is 66.9 Å². The summed E-state index contributed by atoms with van der Waals surface area (Å²) in [7, 11) is 0. The van der Waals surface area contributed by atoms with Crippen molar-refractivity contribution in [1.82, 2.24) is 15.3 Å². The first-order chi connectivity index (χ1) is 12.4. The first kappa shape index (κ1) is 17.4. The van der Waals surface area contributed by atoms with E-state index in [2.05, 4.69) is 51.7 Å². The second kappa shape index (κ2) is 9.16. The second-order valence-corrected chi connectivity index (χ2v) is 6.25. The molecular weight excluding hydrogens is 308 g/mol. The van der Waals surface area contributed by atoms with Crippen molar-refractivity contribution in [2.24, 2.45) is 5.73 Å². The molecule has 0 fully saturated rings. The van der Waals surface area contributed by atoms with Crippen LogP contribution in [0.4, 0.5) is 0 Å². The zero-order valence-electron chi connectivity index (χ0n) is 14.5. The van der Waals surface area contributed by atoms with E-state index in [4.69, 9.17) is 5.73 Å². The van der Waals surface area contributed by atoms with Crippen molar-refractivity contribution in [3.8, 4) is 11.3 Å². The van der Waals surface area contributed by atoms with Gasteiger partial charge >= 0.3 is 0 Å². The van der Waals surface area contributed by atoms with E-state index in [0.29, 0.717) is 0 Å². The Hall–Kier alpha value is -2.43. The number of H-pyrrole nitrogens is 1. The highest BCUT2D eigenvalue weighted by atomic mass is 15.0. The molecule has 1 heterocycles. The number of unbranched alkanes of at least 4 members (excludes halogenated alkanes) is 1. The lowest BCUT2D eigenvalue weighted by atomic mass is 10.1. The van der Waals surface area contributed by atoms with E-state index >= 15 is 0 Å². The number of hydrogen-bond acceptors (Lipinski definition) is 3. The van der Waals surface area contributed by atoms with Crippen molar-refractivity contribution >= 4 is 0 Å². The van der Waals surface area contributed by atoms with Crippen molar-refractivity contribution in [1.29, 1.82) is 0 Å². The smallest absolute Gasteiger partial charge is 0.123 e. The lowest BCUT2D eigenvalue weighted by Crippen LogP contribution is -2.22. The largest absolute Gasteiger partial charge is 0.341 e. The van der Waals surface area contributed by atoms with Crippen molar-refractivity contribution in [3.05, 3.63) is 78.2 Å². The van der Waals surface area contributed by atoms with E-state index in [1.807, 2.05) is 30.5 Å². The summed E-state index contributed by atoms with van der Waals surface area (Å²) in [6.45, 7) is 1.56. The van der Waals surface area contributed by atoms with E-state index in [0.717, 1.165) is 49.4 Å². The molecule has 0 radical (unpaired) electrons. The average molecular weight is 334 g/mol. The number of nitrogens with one attached hydrogen (secondary N) is 2. The third-order valence-corrected chi connectivity index (χ3v) is 4.35. The lowest BCUT2D eigenvalue weighted by molar-refractivity contribution is 0.460. The van der Waals surface area contributed by atoms with Gasteiger partial charge in [0.25, 0.3) is 0 Å². The molecule has 0 saturated heterocycles. The minimum Gasteiger partial charge on any atom is -0.341 e. The molecule has 4 heteroatoms. The minimum atomic E-state index is 0.198. The SMILES string of the molecule is NCCCC[C@H](NCc1ccccc1)c1ncc(-c2ccccc2)[nH]1. The van der Waals surface area contributed by atoms with Gasteiger partial charge in [0.05, 0.1) is 17.9 Å².